The van der Waals surface area contributed by atoms with E-state index in [0.29, 0.717) is 23.2 Å². The van der Waals surface area contributed by atoms with Gasteiger partial charge in [-0.3, -0.25) is 19.3 Å². The molecule has 0 bridgehead atoms. The summed E-state index contributed by atoms with van der Waals surface area (Å²) in [6, 6.07) is 24.6. The van der Waals surface area contributed by atoms with Crippen molar-refractivity contribution in [2.75, 3.05) is 13.1 Å². The average Bonchev–Trinajstić information content (AvgIpc) is 3.44. The molecule has 1 saturated heterocycles. The molecule has 6 heteroatoms. The number of para-hydroxylation sites is 1. The quantitative estimate of drug-likeness (QED) is 0.434. The molecule has 174 valence electrons. The number of H-pyrrole nitrogens is 1. The van der Waals surface area contributed by atoms with Crippen LogP contribution in [0.5, 0.6) is 0 Å². The average molecular weight is 464 g/mol. The van der Waals surface area contributed by atoms with Crippen molar-refractivity contribution in [1.29, 1.82) is 0 Å². The highest BCUT2D eigenvalue weighted by molar-refractivity contribution is 6.21. The number of hydrogen-bond acceptors (Lipinski definition) is 3. The fourth-order valence-corrected chi connectivity index (χ4v) is 5.28. The Morgan fingerprint density at radius 2 is 1.63 bits per heavy atom. The Morgan fingerprint density at radius 3 is 2.40 bits per heavy atom. The molecular formula is C29H25N3O3. The highest BCUT2D eigenvalue weighted by atomic mass is 16.2. The number of carbonyl (C=O) groups is 3. The molecule has 1 fully saturated rings. The molecule has 3 amide bonds. The number of imide groups is 1. The Bertz CT molecular complexity index is 1400. The van der Waals surface area contributed by atoms with Crippen molar-refractivity contribution in [3.63, 3.8) is 0 Å². The molecule has 0 spiro atoms. The van der Waals surface area contributed by atoms with Crippen molar-refractivity contribution in [2.24, 2.45) is 0 Å². The molecule has 6 rings (SSSR count). The summed E-state index contributed by atoms with van der Waals surface area (Å²) in [6.07, 6.45) is 1.98. The first-order chi connectivity index (χ1) is 17.1. The van der Waals surface area contributed by atoms with Gasteiger partial charge in [-0.1, -0.05) is 42.5 Å². The van der Waals surface area contributed by atoms with E-state index in [1.165, 1.54) is 16.0 Å². The van der Waals surface area contributed by atoms with Crippen LogP contribution in [0, 0.1) is 0 Å². The SMILES string of the molecule is O=C(c1cccc(CN2C(=O)c3ccccc3C2=O)c1)N1CCCC(c2cc3ccccc3[nH]2)C1. The van der Waals surface area contributed by atoms with Crippen molar-refractivity contribution >= 4 is 28.6 Å². The number of rotatable bonds is 4. The molecular weight excluding hydrogens is 438 g/mol. The van der Waals surface area contributed by atoms with Crippen LogP contribution in [0.2, 0.25) is 0 Å². The monoisotopic (exact) mass is 463 g/mol. The molecule has 3 aromatic carbocycles. The number of fused-ring (bicyclic) bond motifs is 2. The maximum Gasteiger partial charge on any atom is 0.261 e. The third-order valence-corrected chi connectivity index (χ3v) is 7.09. The lowest BCUT2D eigenvalue weighted by molar-refractivity contribution is 0.0642. The zero-order chi connectivity index (χ0) is 23.9. The molecule has 1 unspecified atom stereocenters. The number of likely N-dealkylation sites (tertiary alicyclic amines) is 1. The first-order valence-corrected chi connectivity index (χ1v) is 12.0. The van der Waals surface area contributed by atoms with E-state index in [2.05, 4.69) is 23.2 Å². The Hall–Kier alpha value is -4.19. The summed E-state index contributed by atoms with van der Waals surface area (Å²) in [5, 5.41) is 1.19. The summed E-state index contributed by atoms with van der Waals surface area (Å²) in [5.74, 6) is -0.337. The van der Waals surface area contributed by atoms with Crippen LogP contribution in [-0.4, -0.2) is 45.6 Å². The number of amides is 3. The number of benzene rings is 3. The second kappa shape index (κ2) is 8.55. The topological polar surface area (TPSA) is 73.5 Å². The molecule has 0 saturated carbocycles. The zero-order valence-corrected chi connectivity index (χ0v) is 19.2. The predicted octanol–water partition coefficient (Wildman–Crippen LogP) is 4.98. The van der Waals surface area contributed by atoms with Gasteiger partial charge in [0.25, 0.3) is 17.7 Å². The van der Waals surface area contributed by atoms with Crippen LogP contribution in [0.4, 0.5) is 0 Å². The zero-order valence-electron chi connectivity index (χ0n) is 19.2. The van der Waals surface area contributed by atoms with Gasteiger partial charge in [-0.05, 0) is 60.2 Å². The van der Waals surface area contributed by atoms with Gasteiger partial charge in [-0.25, -0.2) is 0 Å². The Morgan fingerprint density at radius 1 is 0.886 bits per heavy atom. The van der Waals surface area contributed by atoms with Crippen LogP contribution in [0.3, 0.4) is 0 Å². The van der Waals surface area contributed by atoms with E-state index in [4.69, 9.17) is 0 Å². The third-order valence-electron chi connectivity index (χ3n) is 7.09. The minimum atomic E-state index is -0.292. The number of nitrogens with one attached hydrogen (secondary N) is 1. The Labute approximate surface area is 203 Å². The van der Waals surface area contributed by atoms with Crippen LogP contribution < -0.4 is 0 Å². The van der Waals surface area contributed by atoms with E-state index in [1.54, 1.807) is 36.4 Å². The standard InChI is InChI=1S/C29H25N3O3/c33-27(31-14-6-10-22(18-31)26-16-20-8-1-4-13-25(20)30-26)21-9-5-7-19(15-21)17-32-28(34)23-11-2-3-12-24(23)29(32)35/h1-5,7-9,11-13,15-16,22,30H,6,10,14,17-18H2. The summed E-state index contributed by atoms with van der Waals surface area (Å²) in [4.78, 5) is 45.6. The Kier molecular flexibility index (Phi) is 5.21. The molecule has 2 aliphatic heterocycles. The van der Waals surface area contributed by atoms with E-state index in [-0.39, 0.29) is 30.2 Å². The number of hydrogen-bond donors (Lipinski definition) is 1. The number of aromatic nitrogens is 1. The molecule has 35 heavy (non-hydrogen) atoms. The minimum Gasteiger partial charge on any atom is -0.358 e. The van der Waals surface area contributed by atoms with Gasteiger partial charge < -0.3 is 9.88 Å². The molecule has 1 atom stereocenters. The fraction of sp³-hybridized carbons (Fsp3) is 0.207. The van der Waals surface area contributed by atoms with Crippen LogP contribution in [0.15, 0.2) is 78.9 Å². The van der Waals surface area contributed by atoms with Crippen molar-refractivity contribution in [2.45, 2.75) is 25.3 Å². The molecule has 0 aliphatic carbocycles. The molecule has 4 aromatic rings. The largest absolute Gasteiger partial charge is 0.358 e. The summed E-state index contributed by atoms with van der Waals surface area (Å²) < 4.78 is 0. The lowest BCUT2D eigenvalue weighted by atomic mass is 9.94. The van der Waals surface area contributed by atoms with Crippen molar-refractivity contribution in [1.82, 2.24) is 14.8 Å². The summed E-state index contributed by atoms with van der Waals surface area (Å²) in [7, 11) is 0. The van der Waals surface area contributed by atoms with Crippen LogP contribution >= 0.6 is 0 Å². The number of carbonyl (C=O) groups excluding carboxylic acids is 3. The molecule has 1 aromatic heterocycles. The smallest absolute Gasteiger partial charge is 0.261 e. The normalized spacial score (nSPS) is 17.8. The molecule has 3 heterocycles. The fourth-order valence-electron chi connectivity index (χ4n) is 5.28. The second-order valence-electron chi connectivity index (χ2n) is 9.34. The number of aromatic amines is 1. The summed E-state index contributed by atoms with van der Waals surface area (Å²) in [5.41, 5.74) is 4.49. The van der Waals surface area contributed by atoms with Crippen molar-refractivity contribution in [3.8, 4) is 0 Å². The van der Waals surface area contributed by atoms with Crippen LogP contribution in [0.1, 0.15) is 61.1 Å². The van der Waals surface area contributed by atoms with Gasteiger partial charge in [0.05, 0.1) is 17.7 Å². The van der Waals surface area contributed by atoms with Gasteiger partial charge in [0.1, 0.15) is 0 Å². The van der Waals surface area contributed by atoms with Gasteiger partial charge in [0, 0.05) is 35.8 Å². The first kappa shape index (κ1) is 21.4. The summed E-state index contributed by atoms with van der Waals surface area (Å²) >= 11 is 0. The van der Waals surface area contributed by atoms with E-state index >= 15 is 0 Å². The Balaban J connectivity index is 1.18. The van der Waals surface area contributed by atoms with Crippen molar-refractivity contribution in [3.05, 3.63) is 107 Å². The van der Waals surface area contributed by atoms with E-state index in [1.807, 2.05) is 29.2 Å². The van der Waals surface area contributed by atoms with Gasteiger partial charge in [-0.2, -0.15) is 0 Å². The maximum absolute atomic E-state index is 13.4. The van der Waals surface area contributed by atoms with Gasteiger partial charge in [-0.15, -0.1) is 0 Å². The van der Waals surface area contributed by atoms with Gasteiger partial charge in [0.15, 0.2) is 0 Å². The lowest BCUT2D eigenvalue weighted by Crippen LogP contribution is -2.39. The number of nitrogens with zero attached hydrogens (tertiary/aromatic N) is 2. The minimum absolute atomic E-state index is 0.0185. The highest BCUT2D eigenvalue weighted by Crippen LogP contribution is 2.30. The van der Waals surface area contributed by atoms with E-state index < -0.39 is 0 Å². The number of piperidine rings is 1. The third kappa shape index (κ3) is 3.81. The van der Waals surface area contributed by atoms with Crippen LogP contribution in [0.25, 0.3) is 10.9 Å². The molecule has 6 nitrogen and oxygen atoms in total. The molecule has 0 radical (unpaired) electrons. The lowest BCUT2D eigenvalue weighted by Gasteiger charge is -2.32. The van der Waals surface area contributed by atoms with Crippen LogP contribution in [-0.2, 0) is 6.54 Å². The van der Waals surface area contributed by atoms with Gasteiger partial charge in [0.2, 0.25) is 0 Å². The first-order valence-electron chi connectivity index (χ1n) is 12.0. The molecule has 2 aliphatic rings. The highest BCUT2D eigenvalue weighted by Gasteiger charge is 2.35. The van der Waals surface area contributed by atoms with Gasteiger partial charge >= 0.3 is 0 Å². The second-order valence-corrected chi connectivity index (χ2v) is 9.34. The van der Waals surface area contributed by atoms with Crippen molar-refractivity contribution < 1.29 is 14.4 Å². The maximum atomic E-state index is 13.4. The summed E-state index contributed by atoms with van der Waals surface area (Å²) in [6.45, 7) is 1.53. The predicted molar refractivity (Wildman–Crippen MR) is 133 cm³/mol. The van der Waals surface area contributed by atoms with E-state index in [9.17, 15) is 14.4 Å². The molecule has 1 N–H and O–H groups in total. The van der Waals surface area contributed by atoms with E-state index in [0.717, 1.165) is 30.5 Å².